The molecule has 2 aromatic carbocycles. The first kappa shape index (κ1) is 13.0. The third kappa shape index (κ3) is 3.52. The van der Waals surface area contributed by atoms with Crippen LogP contribution in [0.15, 0.2) is 54.6 Å². The molecule has 3 rings (SSSR count). The minimum atomic E-state index is 0.581. The Kier molecular flexibility index (Phi) is 4.19. The fourth-order valence-corrected chi connectivity index (χ4v) is 2.45. The van der Waals surface area contributed by atoms with Crippen LogP contribution >= 0.6 is 0 Å². The van der Waals surface area contributed by atoms with Gasteiger partial charge in [-0.2, -0.15) is 0 Å². The quantitative estimate of drug-likeness (QED) is 0.888. The minimum Gasteiger partial charge on any atom is -0.457 e. The van der Waals surface area contributed by atoms with Crippen LogP contribution in [0, 0.1) is 0 Å². The summed E-state index contributed by atoms with van der Waals surface area (Å²) in [5.74, 6) is 1.73. The summed E-state index contributed by atoms with van der Waals surface area (Å²) < 4.78 is 5.79. The molecule has 0 radical (unpaired) electrons. The molecule has 1 heterocycles. The van der Waals surface area contributed by atoms with Gasteiger partial charge >= 0.3 is 0 Å². The maximum Gasteiger partial charge on any atom is 0.127 e. The summed E-state index contributed by atoms with van der Waals surface area (Å²) in [6, 6.07) is 18.6. The van der Waals surface area contributed by atoms with Crippen LogP contribution in [0.1, 0.15) is 12.8 Å². The number of para-hydroxylation sites is 1. The van der Waals surface area contributed by atoms with Gasteiger partial charge in [0.2, 0.25) is 0 Å². The lowest BCUT2D eigenvalue weighted by atomic mass is 10.1. The molecule has 1 aliphatic rings. The maximum atomic E-state index is 5.79. The second-order valence-electron chi connectivity index (χ2n) is 5.11. The SMILES string of the molecule is c1ccc(Oc2ccc(NC3CCNCC3)cc2)cc1. The Balaban J connectivity index is 1.59. The van der Waals surface area contributed by atoms with E-state index in [0.29, 0.717) is 6.04 Å². The van der Waals surface area contributed by atoms with Crippen LogP contribution in [-0.2, 0) is 0 Å². The summed E-state index contributed by atoms with van der Waals surface area (Å²) in [5, 5.41) is 6.95. The molecule has 104 valence electrons. The lowest BCUT2D eigenvalue weighted by Crippen LogP contribution is -2.35. The molecule has 0 spiro atoms. The zero-order valence-corrected chi connectivity index (χ0v) is 11.5. The van der Waals surface area contributed by atoms with Crippen molar-refractivity contribution in [3.63, 3.8) is 0 Å². The first-order chi connectivity index (χ1) is 9.90. The van der Waals surface area contributed by atoms with E-state index in [1.165, 1.54) is 12.8 Å². The van der Waals surface area contributed by atoms with Gasteiger partial charge in [0, 0.05) is 11.7 Å². The molecule has 0 atom stereocenters. The zero-order valence-electron chi connectivity index (χ0n) is 11.5. The van der Waals surface area contributed by atoms with Crippen molar-refractivity contribution in [2.24, 2.45) is 0 Å². The summed E-state index contributed by atoms with van der Waals surface area (Å²) in [5.41, 5.74) is 1.16. The van der Waals surface area contributed by atoms with Crippen molar-refractivity contribution >= 4 is 5.69 Å². The van der Waals surface area contributed by atoms with Crippen LogP contribution in [-0.4, -0.2) is 19.1 Å². The van der Waals surface area contributed by atoms with Crippen molar-refractivity contribution in [1.29, 1.82) is 0 Å². The second-order valence-corrected chi connectivity index (χ2v) is 5.11. The van der Waals surface area contributed by atoms with Crippen molar-refractivity contribution in [2.45, 2.75) is 18.9 Å². The Morgan fingerprint density at radius 1 is 0.850 bits per heavy atom. The predicted molar refractivity (Wildman–Crippen MR) is 82.5 cm³/mol. The highest BCUT2D eigenvalue weighted by Crippen LogP contribution is 2.23. The summed E-state index contributed by atoms with van der Waals surface area (Å²) >= 11 is 0. The Morgan fingerprint density at radius 2 is 1.50 bits per heavy atom. The van der Waals surface area contributed by atoms with E-state index in [1.807, 2.05) is 42.5 Å². The topological polar surface area (TPSA) is 33.3 Å². The molecule has 1 saturated heterocycles. The highest BCUT2D eigenvalue weighted by atomic mass is 16.5. The van der Waals surface area contributed by atoms with Gasteiger partial charge in [-0.25, -0.2) is 0 Å². The number of benzene rings is 2. The van der Waals surface area contributed by atoms with Gasteiger partial charge in [0.15, 0.2) is 0 Å². The summed E-state index contributed by atoms with van der Waals surface area (Å²) in [4.78, 5) is 0. The van der Waals surface area contributed by atoms with E-state index < -0.39 is 0 Å². The molecule has 3 heteroatoms. The number of anilines is 1. The van der Waals surface area contributed by atoms with E-state index >= 15 is 0 Å². The maximum absolute atomic E-state index is 5.79. The lowest BCUT2D eigenvalue weighted by Gasteiger charge is -2.24. The van der Waals surface area contributed by atoms with Crippen LogP contribution in [0.5, 0.6) is 11.5 Å². The van der Waals surface area contributed by atoms with Gasteiger partial charge in [-0.15, -0.1) is 0 Å². The van der Waals surface area contributed by atoms with Gasteiger partial charge in [0.1, 0.15) is 11.5 Å². The number of hydrogen-bond acceptors (Lipinski definition) is 3. The smallest absolute Gasteiger partial charge is 0.127 e. The predicted octanol–water partition coefficient (Wildman–Crippen LogP) is 3.64. The van der Waals surface area contributed by atoms with Crippen molar-refractivity contribution in [2.75, 3.05) is 18.4 Å². The molecule has 0 aromatic heterocycles. The van der Waals surface area contributed by atoms with E-state index in [9.17, 15) is 0 Å². The van der Waals surface area contributed by atoms with E-state index in [0.717, 1.165) is 30.3 Å². The first-order valence-electron chi connectivity index (χ1n) is 7.20. The number of nitrogens with one attached hydrogen (secondary N) is 2. The molecule has 1 aliphatic heterocycles. The number of piperidine rings is 1. The lowest BCUT2D eigenvalue weighted by molar-refractivity contribution is 0.477. The molecule has 2 aromatic rings. The fraction of sp³-hybridized carbons (Fsp3) is 0.294. The third-order valence-corrected chi connectivity index (χ3v) is 3.54. The molecular formula is C17H20N2O. The monoisotopic (exact) mass is 268 g/mol. The van der Waals surface area contributed by atoms with Crippen molar-refractivity contribution in [3.05, 3.63) is 54.6 Å². The molecule has 0 bridgehead atoms. The van der Waals surface area contributed by atoms with Crippen LogP contribution in [0.25, 0.3) is 0 Å². The second kappa shape index (κ2) is 6.44. The van der Waals surface area contributed by atoms with Crippen LogP contribution in [0.4, 0.5) is 5.69 Å². The molecule has 2 N–H and O–H groups in total. The normalized spacial score (nSPS) is 15.8. The van der Waals surface area contributed by atoms with Crippen molar-refractivity contribution in [3.8, 4) is 11.5 Å². The van der Waals surface area contributed by atoms with Gasteiger partial charge in [-0.1, -0.05) is 18.2 Å². The fourth-order valence-electron chi connectivity index (χ4n) is 2.45. The van der Waals surface area contributed by atoms with Gasteiger partial charge < -0.3 is 15.4 Å². The summed E-state index contributed by atoms with van der Waals surface area (Å²) in [6.45, 7) is 2.21. The van der Waals surface area contributed by atoms with Gasteiger partial charge in [0.05, 0.1) is 0 Å². The Morgan fingerprint density at radius 3 is 2.20 bits per heavy atom. The average Bonchev–Trinajstić information content (AvgIpc) is 2.51. The van der Waals surface area contributed by atoms with Crippen LogP contribution < -0.4 is 15.4 Å². The standard InChI is InChI=1S/C17H20N2O/c1-2-4-16(5-3-1)20-17-8-6-14(7-9-17)19-15-10-12-18-13-11-15/h1-9,15,18-19H,10-13H2. The van der Waals surface area contributed by atoms with E-state index in [-0.39, 0.29) is 0 Å². The highest BCUT2D eigenvalue weighted by Gasteiger charge is 2.12. The molecular weight excluding hydrogens is 248 g/mol. The number of ether oxygens (including phenoxy) is 1. The molecule has 0 unspecified atom stereocenters. The Hall–Kier alpha value is -2.00. The molecule has 0 saturated carbocycles. The molecule has 0 aliphatic carbocycles. The summed E-state index contributed by atoms with van der Waals surface area (Å²) in [7, 11) is 0. The molecule has 0 amide bonds. The van der Waals surface area contributed by atoms with Gasteiger partial charge in [0.25, 0.3) is 0 Å². The van der Waals surface area contributed by atoms with Crippen LogP contribution in [0.3, 0.4) is 0 Å². The molecule has 20 heavy (non-hydrogen) atoms. The van der Waals surface area contributed by atoms with Gasteiger partial charge in [-0.3, -0.25) is 0 Å². The first-order valence-corrected chi connectivity index (χ1v) is 7.20. The Bertz CT molecular complexity index is 518. The van der Waals surface area contributed by atoms with E-state index in [4.69, 9.17) is 4.74 Å². The molecule has 3 nitrogen and oxygen atoms in total. The largest absolute Gasteiger partial charge is 0.457 e. The van der Waals surface area contributed by atoms with E-state index in [1.54, 1.807) is 0 Å². The van der Waals surface area contributed by atoms with Crippen LogP contribution in [0.2, 0.25) is 0 Å². The molecule has 1 fully saturated rings. The van der Waals surface area contributed by atoms with Gasteiger partial charge in [-0.05, 0) is 62.3 Å². The van der Waals surface area contributed by atoms with E-state index in [2.05, 4.69) is 22.8 Å². The van der Waals surface area contributed by atoms with Crippen molar-refractivity contribution in [1.82, 2.24) is 5.32 Å². The minimum absolute atomic E-state index is 0.581. The highest BCUT2D eigenvalue weighted by molar-refractivity contribution is 5.48. The average molecular weight is 268 g/mol. The van der Waals surface area contributed by atoms with Crippen molar-refractivity contribution < 1.29 is 4.74 Å². The number of hydrogen-bond donors (Lipinski definition) is 2. The zero-order chi connectivity index (χ0) is 13.6. The summed E-state index contributed by atoms with van der Waals surface area (Å²) in [6.07, 6.45) is 2.37. The third-order valence-electron chi connectivity index (χ3n) is 3.54. The number of rotatable bonds is 4. The Labute approximate surface area is 120 Å².